The van der Waals surface area contributed by atoms with Crippen LogP contribution in [-0.2, 0) is 19.3 Å². The third-order valence-corrected chi connectivity index (χ3v) is 17.0. The molecule has 0 aliphatic rings. The zero-order valence-electron chi connectivity index (χ0n) is 26.8. The monoisotopic (exact) mass is 606 g/mol. The zero-order chi connectivity index (χ0) is 29.6. The topological polar surface area (TPSA) is 0 Å². The maximum absolute atomic E-state index is 8.23. The normalized spacial score (nSPS) is 12.7. The van der Waals surface area contributed by atoms with E-state index in [1.165, 1.54) is 113 Å². The van der Waals surface area contributed by atoms with Gasteiger partial charge < -0.3 is 0 Å². The van der Waals surface area contributed by atoms with E-state index in [4.69, 9.17) is 11.2 Å². The molecule has 0 heterocycles. The number of hydrogen-bond donors (Lipinski definition) is 0. The summed E-state index contributed by atoms with van der Waals surface area (Å²) in [5, 5.41) is 0. The Balaban J connectivity index is 1.54. The third kappa shape index (κ3) is 14.2. The molecule has 3 aromatic carbocycles. The van der Waals surface area contributed by atoms with Gasteiger partial charge in [-0.25, -0.2) is 0 Å². The summed E-state index contributed by atoms with van der Waals surface area (Å²) < 4.78 is 0. The molecule has 0 saturated carbocycles. The van der Waals surface area contributed by atoms with E-state index in [1.54, 1.807) is 0 Å². The summed E-state index contributed by atoms with van der Waals surface area (Å²) in [7, 11) is 0. The first kappa shape index (κ1) is 34.9. The Hall–Kier alpha value is -1.62. The molecule has 3 rings (SSSR count). The molecule has 0 spiro atoms. The maximum atomic E-state index is 8.23. The second-order valence-electron chi connectivity index (χ2n) is 13.0. The molecule has 0 nitrogen and oxygen atoms in total. The van der Waals surface area contributed by atoms with Crippen molar-refractivity contribution in [3.63, 3.8) is 0 Å². The molecular weight excluding hydrogens is 547 g/mol. The SMILES string of the molecule is CCCCCCCCCCCCCCCCP(Cl)(CCc1ccccc1)(CCc1ccccc1)CCc1ccccc1. The van der Waals surface area contributed by atoms with E-state index in [0.29, 0.717) is 0 Å². The van der Waals surface area contributed by atoms with Crippen molar-refractivity contribution in [2.45, 2.75) is 116 Å². The van der Waals surface area contributed by atoms with Crippen LogP contribution in [0.2, 0.25) is 0 Å². The van der Waals surface area contributed by atoms with Gasteiger partial charge in [-0.15, -0.1) is 0 Å². The molecule has 0 bridgehead atoms. The fourth-order valence-corrected chi connectivity index (χ4v) is 12.5. The van der Waals surface area contributed by atoms with Gasteiger partial charge in [-0.1, -0.05) is 26.2 Å². The Morgan fingerprint density at radius 1 is 0.381 bits per heavy atom. The number of halogens is 1. The van der Waals surface area contributed by atoms with Crippen molar-refractivity contribution in [3.8, 4) is 0 Å². The Labute approximate surface area is 264 Å². The Morgan fingerprint density at radius 3 is 0.976 bits per heavy atom. The van der Waals surface area contributed by atoms with E-state index >= 15 is 0 Å². The van der Waals surface area contributed by atoms with Gasteiger partial charge in [0.2, 0.25) is 0 Å². The molecule has 0 aliphatic carbocycles. The van der Waals surface area contributed by atoms with Gasteiger partial charge in [0.05, 0.1) is 0 Å². The molecule has 2 heteroatoms. The zero-order valence-corrected chi connectivity index (χ0v) is 28.5. The van der Waals surface area contributed by atoms with Gasteiger partial charge in [0.25, 0.3) is 0 Å². The van der Waals surface area contributed by atoms with Crippen molar-refractivity contribution in [1.82, 2.24) is 0 Å². The van der Waals surface area contributed by atoms with E-state index in [1.807, 2.05) is 0 Å². The summed E-state index contributed by atoms with van der Waals surface area (Å²) in [4.78, 5) is 0. The van der Waals surface area contributed by atoms with Crippen molar-refractivity contribution in [2.24, 2.45) is 0 Å². The predicted octanol–water partition coefficient (Wildman–Crippen LogP) is 12.9. The van der Waals surface area contributed by atoms with Gasteiger partial charge in [-0.05, 0) is 0 Å². The molecule has 232 valence electrons. The molecule has 0 N–H and O–H groups in total. The van der Waals surface area contributed by atoms with Crippen LogP contribution in [0.25, 0.3) is 0 Å². The van der Waals surface area contributed by atoms with E-state index in [2.05, 4.69) is 97.9 Å². The molecule has 0 atom stereocenters. The van der Waals surface area contributed by atoms with Gasteiger partial charge in [-0.2, -0.15) is 0 Å². The van der Waals surface area contributed by atoms with Gasteiger partial charge in [0.1, 0.15) is 0 Å². The summed E-state index contributed by atoms with van der Waals surface area (Å²) in [6.45, 7) is 2.30. The molecule has 0 fully saturated rings. The molecule has 42 heavy (non-hydrogen) atoms. The average Bonchev–Trinajstić information content (AvgIpc) is 3.04. The first-order valence-electron chi connectivity index (χ1n) is 17.4. The molecule has 0 unspecified atom stereocenters. The van der Waals surface area contributed by atoms with Crippen LogP contribution in [0.1, 0.15) is 114 Å². The van der Waals surface area contributed by atoms with Crippen molar-refractivity contribution in [3.05, 3.63) is 108 Å². The molecule has 0 amide bonds. The second kappa shape index (κ2) is 20.4. The van der Waals surface area contributed by atoms with Crippen molar-refractivity contribution >= 4 is 17.2 Å². The molecule has 0 saturated heterocycles. The predicted molar refractivity (Wildman–Crippen MR) is 193 cm³/mol. The summed E-state index contributed by atoms with van der Waals surface area (Å²) in [5.74, 6) is -2.48. The van der Waals surface area contributed by atoms with Crippen LogP contribution in [0.15, 0.2) is 91.0 Å². The number of benzene rings is 3. The summed E-state index contributed by atoms with van der Waals surface area (Å²) in [6.07, 6.45) is 27.7. The van der Waals surface area contributed by atoms with E-state index in [9.17, 15) is 0 Å². The van der Waals surface area contributed by atoms with Crippen molar-refractivity contribution in [1.29, 1.82) is 0 Å². The van der Waals surface area contributed by atoms with Gasteiger partial charge >= 0.3 is 239 Å². The van der Waals surface area contributed by atoms with E-state index in [-0.39, 0.29) is 0 Å². The van der Waals surface area contributed by atoms with E-state index < -0.39 is 5.96 Å². The van der Waals surface area contributed by atoms with Gasteiger partial charge in [0, 0.05) is 0 Å². The summed E-state index contributed by atoms with van der Waals surface area (Å²) in [5.41, 5.74) is 4.31. The van der Waals surface area contributed by atoms with E-state index in [0.717, 1.165) is 37.7 Å². The number of rotatable bonds is 24. The molecule has 3 aromatic rings. The van der Waals surface area contributed by atoms with Crippen LogP contribution in [0.4, 0.5) is 0 Å². The molecule has 0 radical (unpaired) electrons. The Morgan fingerprint density at radius 2 is 0.667 bits per heavy atom. The number of aryl methyl sites for hydroxylation is 3. The van der Waals surface area contributed by atoms with Crippen LogP contribution in [0.3, 0.4) is 0 Å². The van der Waals surface area contributed by atoms with Crippen LogP contribution in [0.5, 0.6) is 0 Å². The standard InChI is InChI=1S/C40H60ClP/c1-2-3-4-5-6-7-8-9-10-11-12-13-14-24-34-42(41,35-31-38-25-18-15-19-26-38,36-32-39-27-20-16-21-28-39)37-33-40-29-22-17-23-30-40/h15-23,25-30H,2-14,24,31-37H2,1H3. The van der Waals surface area contributed by atoms with Crippen LogP contribution in [-0.4, -0.2) is 24.6 Å². The molecule has 0 aromatic heterocycles. The second-order valence-corrected chi connectivity index (χ2v) is 21.3. The molecular formula is C40H60ClP. The third-order valence-electron chi connectivity index (χ3n) is 9.48. The fraction of sp³-hybridized carbons (Fsp3) is 0.550. The first-order valence-corrected chi connectivity index (χ1v) is 21.3. The quantitative estimate of drug-likeness (QED) is 0.0702. The molecule has 0 aliphatic heterocycles. The Bertz CT molecular complexity index is 940. The van der Waals surface area contributed by atoms with Crippen LogP contribution < -0.4 is 0 Å². The van der Waals surface area contributed by atoms with Crippen LogP contribution in [0, 0.1) is 0 Å². The summed E-state index contributed by atoms with van der Waals surface area (Å²) in [6, 6.07) is 33.2. The van der Waals surface area contributed by atoms with Gasteiger partial charge in [0.15, 0.2) is 0 Å². The Kier molecular flexibility index (Phi) is 16.9. The number of unbranched alkanes of at least 4 members (excludes halogenated alkanes) is 13. The first-order chi connectivity index (χ1) is 20.6. The fourth-order valence-electron chi connectivity index (χ4n) is 6.53. The minimum absolute atomic E-state index is 1.10. The number of hydrogen-bond acceptors (Lipinski definition) is 0. The average molecular weight is 607 g/mol. The summed E-state index contributed by atoms with van der Waals surface area (Å²) >= 11 is 8.23. The van der Waals surface area contributed by atoms with Crippen LogP contribution >= 0.6 is 17.2 Å². The van der Waals surface area contributed by atoms with Gasteiger partial charge in [-0.3, -0.25) is 0 Å². The van der Waals surface area contributed by atoms with Crippen molar-refractivity contribution in [2.75, 3.05) is 24.6 Å². The minimum atomic E-state index is -2.48. The van der Waals surface area contributed by atoms with Crippen molar-refractivity contribution < 1.29 is 0 Å².